The van der Waals surface area contributed by atoms with Crippen molar-refractivity contribution in [1.29, 1.82) is 0 Å². The number of hydrogen-bond donors (Lipinski definition) is 3. The normalized spacial score (nSPS) is 16.8. The third-order valence-electron chi connectivity index (χ3n) is 6.12. The summed E-state index contributed by atoms with van der Waals surface area (Å²) in [7, 11) is 1.67. The molecule has 8 heteroatoms. The highest BCUT2D eigenvalue weighted by Crippen LogP contribution is 2.32. The second-order valence-corrected chi connectivity index (χ2v) is 8.69. The van der Waals surface area contributed by atoms with Crippen molar-refractivity contribution in [3.63, 3.8) is 0 Å². The van der Waals surface area contributed by atoms with Crippen molar-refractivity contribution in [1.82, 2.24) is 5.32 Å². The molecular formula is C26H32N4O4. The summed E-state index contributed by atoms with van der Waals surface area (Å²) in [5, 5.41) is 12.4. The number of carboxylic acids is 1. The Hall–Kier alpha value is -3.52. The van der Waals surface area contributed by atoms with Crippen molar-refractivity contribution in [3.8, 4) is 11.5 Å². The summed E-state index contributed by atoms with van der Waals surface area (Å²) in [4.78, 5) is 17.5. The molecule has 0 radical (unpaired) electrons. The van der Waals surface area contributed by atoms with Crippen LogP contribution in [0.1, 0.15) is 36.8 Å². The van der Waals surface area contributed by atoms with E-state index in [4.69, 9.17) is 20.3 Å². The van der Waals surface area contributed by atoms with Crippen LogP contribution in [0.25, 0.3) is 0 Å². The molecule has 0 spiro atoms. The highest BCUT2D eigenvalue weighted by molar-refractivity contribution is 5.80. The number of carbonyl (C=O) groups is 1. The van der Waals surface area contributed by atoms with Gasteiger partial charge < -0.3 is 30.5 Å². The second kappa shape index (κ2) is 11.1. The van der Waals surface area contributed by atoms with E-state index in [2.05, 4.69) is 10.3 Å². The SMILES string of the molecule is COc1ccc(CNC2=CN(c3ccc(C[C@H](N)C(=O)O)cc3)CN=C2)cc1OC1CCCC1. The molecule has 8 nitrogen and oxygen atoms in total. The fraction of sp³-hybridized carbons (Fsp3) is 0.385. The van der Waals surface area contributed by atoms with Gasteiger partial charge >= 0.3 is 5.97 Å². The lowest BCUT2D eigenvalue weighted by Gasteiger charge is -2.23. The van der Waals surface area contributed by atoms with Crippen LogP contribution in [0, 0.1) is 0 Å². The van der Waals surface area contributed by atoms with Gasteiger partial charge in [0.05, 0.1) is 18.9 Å². The monoisotopic (exact) mass is 464 g/mol. The highest BCUT2D eigenvalue weighted by atomic mass is 16.5. The zero-order chi connectivity index (χ0) is 23.9. The van der Waals surface area contributed by atoms with Gasteiger partial charge in [0.1, 0.15) is 12.7 Å². The first kappa shape index (κ1) is 23.6. The molecule has 180 valence electrons. The predicted octanol–water partition coefficient (Wildman–Crippen LogP) is 3.45. The van der Waals surface area contributed by atoms with Gasteiger partial charge in [-0.25, -0.2) is 0 Å². The summed E-state index contributed by atoms with van der Waals surface area (Å²) in [6.45, 7) is 1.14. The van der Waals surface area contributed by atoms with E-state index in [1.54, 1.807) is 7.11 Å². The average molecular weight is 465 g/mol. The topological polar surface area (TPSA) is 109 Å². The molecule has 0 amide bonds. The molecular weight excluding hydrogens is 432 g/mol. The van der Waals surface area contributed by atoms with E-state index in [-0.39, 0.29) is 6.10 Å². The van der Waals surface area contributed by atoms with Crippen LogP contribution in [-0.4, -0.2) is 43.2 Å². The maximum Gasteiger partial charge on any atom is 0.320 e. The van der Waals surface area contributed by atoms with Crippen LogP contribution in [0.5, 0.6) is 11.5 Å². The summed E-state index contributed by atoms with van der Waals surface area (Å²) < 4.78 is 11.7. The molecule has 34 heavy (non-hydrogen) atoms. The maximum atomic E-state index is 11.0. The van der Waals surface area contributed by atoms with E-state index in [1.165, 1.54) is 12.8 Å². The van der Waals surface area contributed by atoms with Gasteiger partial charge in [0, 0.05) is 24.6 Å². The van der Waals surface area contributed by atoms with Crippen LogP contribution < -0.4 is 25.4 Å². The van der Waals surface area contributed by atoms with Gasteiger partial charge in [0.15, 0.2) is 11.5 Å². The number of methoxy groups -OCH3 is 1. The van der Waals surface area contributed by atoms with Crippen molar-refractivity contribution < 1.29 is 19.4 Å². The number of nitrogens with one attached hydrogen (secondary N) is 1. The zero-order valence-corrected chi connectivity index (χ0v) is 19.4. The van der Waals surface area contributed by atoms with Crippen LogP contribution >= 0.6 is 0 Å². The van der Waals surface area contributed by atoms with Gasteiger partial charge in [-0.1, -0.05) is 18.2 Å². The Labute approximate surface area is 200 Å². The molecule has 4 rings (SSSR count). The van der Waals surface area contributed by atoms with Crippen molar-refractivity contribution in [3.05, 3.63) is 65.5 Å². The number of benzene rings is 2. The third-order valence-corrected chi connectivity index (χ3v) is 6.12. The Morgan fingerprint density at radius 3 is 2.62 bits per heavy atom. The molecule has 1 aliphatic carbocycles. The van der Waals surface area contributed by atoms with Crippen molar-refractivity contribution in [2.45, 2.75) is 50.8 Å². The summed E-state index contributed by atoms with van der Waals surface area (Å²) in [5.74, 6) is 0.555. The first-order chi connectivity index (χ1) is 16.5. The number of anilines is 1. The van der Waals surface area contributed by atoms with E-state index < -0.39 is 12.0 Å². The quantitative estimate of drug-likeness (QED) is 0.494. The molecule has 1 aliphatic heterocycles. The van der Waals surface area contributed by atoms with Crippen LogP contribution in [0.4, 0.5) is 5.69 Å². The van der Waals surface area contributed by atoms with Gasteiger partial charge in [-0.05, 0) is 67.5 Å². The molecule has 1 saturated carbocycles. The first-order valence-corrected chi connectivity index (χ1v) is 11.6. The lowest BCUT2D eigenvalue weighted by molar-refractivity contribution is -0.138. The molecule has 1 heterocycles. The van der Waals surface area contributed by atoms with Crippen LogP contribution in [0.2, 0.25) is 0 Å². The number of nitrogens with two attached hydrogens (primary N) is 1. The molecule has 0 aromatic heterocycles. The van der Waals surface area contributed by atoms with Gasteiger partial charge in [0.25, 0.3) is 0 Å². The molecule has 0 bridgehead atoms. The lowest BCUT2D eigenvalue weighted by Crippen LogP contribution is -2.32. The molecule has 2 aromatic carbocycles. The minimum absolute atomic E-state index is 0.269. The van der Waals surface area contributed by atoms with Crippen LogP contribution in [0.15, 0.2) is 59.4 Å². The third kappa shape index (κ3) is 6.08. The number of carboxylic acid groups (broad SMARTS) is 1. The van der Waals surface area contributed by atoms with E-state index >= 15 is 0 Å². The number of allylic oxidation sites excluding steroid dienone is 1. The van der Waals surface area contributed by atoms with Crippen molar-refractivity contribution >= 4 is 17.9 Å². The van der Waals surface area contributed by atoms with Crippen molar-refractivity contribution in [2.75, 3.05) is 18.7 Å². The summed E-state index contributed by atoms with van der Waals surface area (Å²) in [5.41, 5.74) is 9.49. The highest BCUT2D eigenvalue weighted by Gasteiger charge is 2.19. The van der Waals surface area contributed by atoms with E-state index in [0.29, 0.717) is 19.6 Å². The van der Waals surface area contributed by atoms with Crippen LogP contribution in [0.3, 0.4) is 0 Å². The van der Waals surface area contributed by atoms with E-state index in [9.17, 15) is 4.79 Å². The van der Waals surface area contributed by atoms with E-state index in [0.717, 1.165) is 46.9 Å². The summed E-state index contributed by atoms with van der Waals surface area (Å²) >= 11 is 0. The fourth-order valence-electron chi connectivity index (χ4n) is 4.19. The summed E-state index contributed by atoms with van der Waals surface area (Å²) in [6, 6.07) is 12.8. The summed E-state index contributed by atoms with van der Waals surface area (Å²) in [6.07, 6.45) is 9.04. The number of aliphatic carboxylic acids is 1. The predicted molar refractivity (Wildman–Crippen MR) is 132 cm³/mol. The lowest BCUT2D eigenvalue weighted by atomic mass is 10.1. The molecule has 1 fully saturated rings. The molecule has 0 unspecified atom stereocenters. The van der Waals surface area contributed by atoms with E-state index in [1.807, 2.05) is 59.8 Å². The molecule has 2 aromatic rings. The molecule has 0 saturated heterocycles. The fourth-order valence-corrected chi connectivity index (χ4v) is 4.19. The Bertz CT molecular complexity index is 1050. The maximum absolute atomic E-state index is 11.0. The largest absolute Gasteiger partial charge is 0.493 e. The van der Waals surface area contributed by atoms with Gasteiger partial charge in [-0.15, -0.1) is 0 Å². The minimum Gasteiger partial charge on any atom is -0.493 e. The smallest absolute Gasteiger partial charge is 0.320 e. The number of nitrogens with zero attached hydrogens (tertiary/aromatic N) is 2. The molecule has 2 aliphatic rings. The van der Waals surface area contributed by atoms with Gasteiger partial charge in [-0.3, -0.25) is 9.79 Å². The Morgan fingerprint density at radius 1 is 1.18 bits per heavy atom. The number of hydrogen-bond acceptors (Lipinski definition) is 7. The number of rotatable bonds is 10. The molecule has 4 N–H and O–H groups in total. The van der Waals surface area contributed by atoms with Gasteiger partial charge in [-0.2, -0.15) is 0 Å². The van der Waals surface area contributed by atoms with Crippen molar-refractivity contribution in [2.24, 2.45) is 10.7 Å². The first-order valence-electron chi connectivity index (χ1n) is 11.6. The zero-order valence-electron chi connectivity index (χ0n) is 19.4. The van der Waals surface area contributed by atoms with Gasteiger partial charge in [0.2, 0.25) is 0 Å². The number of ether oxygens (including phenoxy) is 2. The minimum atomic E-state index is -0.998. The standard InChI is InChI=1S/C26H32N4O4/c1-33-24-11-8-19(13-25(24)34-22-4-2-3-5-22)14-29-20-15-28-17-30(16-20)21-9-6-18(7-10-21)12-23(27)26(31)32/h6-11,13,15-16,22-23,29H,2-5,12,14,17,27H2,1H3,(H,31,32)/t23-/m0/s1. The Balaban J connectivity index is 1.38. The Kier molecular flexibility index (Phi) is 7.69. The average Bonchev–Trinajstić information content (AvgIpc) is 3.36. The second-order valence-electron chi connectivity index (χ2n) is 8.69. The number of aliphatic imine (C=N–C) groups is 1. The molecule has 1 atom stereocenters. The Morgan fingerprint density at radius 2 is 1.91 bits per heavy atom. The van der Waals surface area contributed by atoms with Crippen LogP contribution in [-0.2, 0) is 17.8 Å².